The first-order valence-electron chi connectivity index (χ1n) is 10.0. The van der Waals surface area contributed by atoms with Crippen molar-refractivity contribution in [3.63, 3.8) is 0 Å². The van der Waals surface area contributed by atoms with E-state index in [-0.39, 0.29) is 34.4 Å². The maximum Gasteiger partial charge on any atom is 0.238 e. The highest BCUT2D eigenvalue weighted by Gasteiger charge is 2.67. The number of sulfonamides is 1. The molecule has 1 aromatic heterocycles. The van der Waals surface area contributed by atoms with Crippen molar-refractivity contribution in [2.45, 2.75) is 42.9 Å². The van der Waals surface area contributed by atoms with Gasteiger partial charge in [-0.1, -0.05) is 25.0 Å². The summed E-state index contributed by atoms with van der Waals surface area (Å²) in [6.07, 6.45) is 4.51. The number of methoxy groups -OCH3 is 2. The van der Waals surface area contributed by atoms with Crippen LogP contribution in [0.4, 0.5) is 0 Å². The average molecular weight is 431 g/mol. The highest BCUT2D eigenvalue weighted by molar-refractivity contribution is 7.89. The highest BCUT2D eigenvalue weighted by atomic mass is 32.2. The molecule has 1 heterocycles. The second-order valence-corrected chi connectivity index (χ2v) is 9.74. The predicted octanol–water partition coefficient (Wildman–Crippen LogP) is 2.83. The van der Waals surface area contributed by atoms with E-state index in [2.05, 4.69) is 4.98 Å². The molecule has 0 radical (unpaired) electrons. The van der Waals surface area contributed by atoms with E-state index in [1.54, 1.807) is 18.2 Å². The standard InChI is InChI=1S/C22H26N2O5S/c1-28-18-10-7-15(21(24-18)29-2)13-17(25)20-19(22(20)11-3-4-12-22)14-5-8-16(9-6-14)30(23,26)27/h5-10,19-20H,3-4,11-13H2,1-2H3,(H2,23,26,27)/t19-,20-/m1/s1. The van der Waals surface area contributed by atoms with Crippen LogP contribution in [0.15, 0.2) is 41.3 Å². The number of hydrogen-bond acceptors (Lipinski definition) is 6. The van der Waals surface area contributed by atoms with Gasteiger partial charge in [-0.15, -0.1) is 0 Å². The molecule has 2 fully saturated rings. The number of ketones is 1. The maximum absolute atomic E-state index is 13.3. The molecule has 2 aliphatic carbocycles. The monoisotopic (exact) mass is 430 g/mol. The smallest absolute Gasteiger partial charge is 0.238 e. The Morgan fingerprint density at radius 2 is 1.77 bits per heavy atom. The summed E-state index contributed by atoms with van der Waals surface area (Å²) in [7, 11) is -0.671. The van der Waals surface area contributed by atoms with Gasteiger partial charge >= 0.3 is 0 Å². The molecule has 0 amide bonds. The topological polar surface area (TPSA) is 109 Å². The molecule has 2 saturated carbocycles. The molecular weight excluding hydrogens is 404 g/mol. The third-order valence-electron chi connectivity index (χ3n) is 6.59. The molecular formula is C22H26N2O5S. The second kappa shape index (κ2) is 7.67. The quantitative estimate of drug-likeness (QED) is 0.724. The molecule has 0 aliphatic heterocycles. The molecule has 2 atom stereocenters. The fourth-order valence-electron chi connectivity index (χ4n) is 5.22. The van der Waals surface area contributed by atoms with E-state index in [1.165, 1.54) is 26.4 Å². The van der Waals surface area contributed by atoms with Gasteiger partial charge in [-0.25, -0.2) is 13.6 Å². The van der Waals surface area contributed by atoms with Gasteiger partial charge in [0.15, 0.2) is 0 Å². The Bertz CT molecular complexity index is 1060. The van der Waals surface area contributed by atoms with Crippen LogP contribution in [0.1, 0.15) is 42.7 Å². The van der Waals surface area contributed by atoms with Crippen molar-refractivity contribution in [3.8, 4) is 11.8 Å². The Morgan fingerprint density at radius 3 is 2.33 bits per heavy atom. The fourth-order valence-corrected chi connectivity index (χ4v) is 5.73. The van der Waals surface area contributed by atoms with Gasteiger partial charge in [0.2, 0.25) is 21.8 Å². The number of primary sulfonamides is 1. The van der Waals surface area contributed by atoms with Gasteiger partial charge in [-0.05, 0) is 42.0 Å². The van der Waals surface area contributed by atoms with Crippen LogP contribution in [0.3, 0.4) is 0 Å². The Morgan fingerprint density at radius 1 is 1.10 bits per heavy atom. The predicted molar refractivity (Wildman–Crippen MR) is 111 cm³/mol. The third kappa shape index (κ3) is 3.58. The van der Waals surface area contributed by atoms with Gasteiger partial charge < -0.3 is 9.47 Å². The molecule has 1 spiro atoms. The van der Waals surface area contributed by atoms with Gasteiger partial charge in [0.25, 0.3) is 0 Å². The number of carbonyl (C=O) groups is 1. The number of pyridine rings is 1. The molecule has 4 rings (SSSR count). The number of carbonyl (C=O) groups excluding carboxylic acids is 1. The van der Waals surface area contributed by atoms with Crippen molar-refractivity contribution < 1.29 is 22.7 Å². The van der Waals surface area contributed by atoms with E-state index < -0.39 is 10.0 Å². The zero-order valence-corrected chi connectivity index (χ0v) is 17.9. The summed E-state index contributed by atoms with van der Waals surface area (Å²) in [5.41, 5.74) is 1.72. The Labute approximate surface area is 176 Å². The number of rotatable bonds is 7. The molecule has 30 heavy (non-hydrogen) atoms. The number of nitrogens with two attached hydrogens (primary N) is 1. The molecule has 2 N–H and O–H groups in total. The fraction of sp³-hybridized carbons (Fsp3) is 0.455. The van der Waals surface area contributed by atoms with E-state index >= 15 is 0 Å². The first-order valence-corrected chi connectivity index (χ1v) is 11.6. The third-order valence-corrected chi connectivity index (χ3v) is 7.52. The zero-order valence-electron chi connectivity index (χ0n) is 17.1. The van der Waals surface area contributed by atoms with E-state index in [4.69, 9.17) is 14.6 Å². The van der Waals surface area contributed by atoms with Crippen LogP contribution < -0.4 is 14.6 Å². The molecule has 0 bridgehead atoms. The Hall–Kier alpha value is -2.45. The summed E-state index contributed by atoms with van der Waals surface area (Å²) in [5, 5.41) is 5.22. The lowest BCUT2D eigenvalue weighted by Gasteiger charge is -2.10. The van der Waals surface area contributed by atoms with E-state index in [1.807, 2.05) is 6.07 Å². The summed E-state index contributed by atoms with van der Waals surface area (Å²) in [6, 6.07) is 10.2. The maximum atomic E-state index is 13.3. The number of Topliss-reactive ketones (excluding diaryl/α,β-unsaturated/α-hetero) is 1. The van der Waals surface area contributed by atoms with E-state index in [9.17, 15) is 13.2 Å². The van der Waals surface area contributed by atoms with Gasteiger partial charge in [0, 0.05) is 29.9 Å². The average Bonchev–Trinajstić information content (AvgIpc) is 3.11. The largest absolute Gasteiger partial charge is 0.481 e. The SMILES string of the molecule is COc1ccc(CC(=O)[C@@H]2[C@@H](c3ccc(S(N)(=O)=O)cc3)C23CCCC3)c(OC)n1. The molecule has 0 saturated heterocycles. The first-order chi connectivity index (χ1) is 14.3. The van der Waals surface area contributed by atoms with Crippen LogP contribution >= 0.6 is 0 Å². The lowest BCUT2D eigenvalue weighted by atomic mass is 9.95. The van der Waals surface area contributed by atoms with Crippen molar-refractivity contribution in [3.05, 3.63) is 47.5 Å². The van der Waals surface area contributed by atoms with E-state index in [0.717, 1.165) is 36.8 Å². The van der Waals surface area contributed by atoms with Crippen molar-refractivity contribution in [1.29, 1.82) is 0 Å². The van der Waals surface area contributed by atoms with Crippen LogP contribution in [0.25, 0.3) is 0 Å². The number of aromatic nitrogens is 1. The number of hydrogen-bond donors (Lipinski definition) is 1. The van der Waals surface area contributed by atoms with Crippen LogP contribution in [0.5, 0.6) is 11.8 Å². The minimum absolute atomic E-state index is 0.0205. The van der Waals surface area contributed by atoms with Crippen molar-refractivity contribution in [1.82, 2.24) is 4.98 Å². The van der Waals surface area contributed by atoms with Gasteiger partial charge in [-0.3, -0.25) is 4.79 Å². The van der Waals surface area contributed by atoms with Crippen molar-refractivity contribution >= 4 is 15.8 Å². The van der Waals surface area contributed by atoms with Crippen LogP contribution in [-0.4, -0.2) is 33.4 Å². The lowest BCUT2D eigenvalue weighted by Crippen LogP contribution is -2.12. The van der Waals surface area contributed by atoms with Gasteiger partial charge in [0.1, 0.15) is 5.78 Å². The molecule has 8 heteroatoms. The lowest BCUT2D eigenvalue weighted by molar-refractivity contribution is -0.120. The second-order valence-electron chi connectivity index (χ2n) is 8.17. The number of nitrogens with zero attached hydrogens (tertiary/aromatic N) is 1. The summed E-state index contributed by atoms with van der Waals surface area (Å²) < 4.78 is 33.6. The van der Waals surface area contributed by atoms with Gasteiger partial charge in [-0.2, -0.15) is 4.98 Å². The minimum atomic E-state index is -3.73. The normalized spacial score (nSPS) is 22.1. The highest BCUT2D eigenvalue weighted by Crippen LogP contribution is 2.72. The molecule has 160 valence electrons. The summed E-state index contributed by atoms with van der Waals surface area (Å²) in [5.74, 6) is 1.04. The molecule has 7 nitrogen and oxygen atoms in total. The van der Waals surface area contributed by atoms with Crippen molar-refractivity contribution in [2.75, 3.05) is 14.2 Å². The van der Waals surface area contributed by atoms with Crippen molar-refractivity contribution in [2.24, 2.45) is 16.5 Å². The molecule has 2 aliphatic rings. The zero-order chi connectivity index (χ0) is 21.5. The molecule has 1 aromatic carbocycles. The Balaban J connectivity index is 1.59. The molecule has 2 aromatic rings. The summed E-state index contributed by atoms with van der Waals surface area (Å²) in [4.78, 5) is 17.7. The number of benzene rings is 1. The van der Waals surface area contributed by atoms with Crippen LogP contribution in [0, 0.1) is 11.3 Å². The van der Waals surface area contributed by atoms with Crippen LogP contribution in [0.2, 0.25) is 0 Å². The van der Waals surface area contributed by atoms with Crippen LogP contribution in [-0.2, 0) is 21.2 Å². The van der Waals surface area contributed by atoms with Gasteiger partial charge in [0.05, 0.1) is 19.1 Å². The number of ether oxygens (including phenoxy) is 2. The first kappa shape index (κ1) is 20.8. The van der Waals surface area contributed by atoms with E-state index in [0.29, 0.717) is 11.8 Å². The Kier molecular flexibility index (Phi) is 5.32. The summed E-state index contributed by atoms with van der Waals surface area (Å²) in [6.45, 7) is 0. The minimum Gasteiger partial charge on any atom is -0.481 e. The molecule has 0 unspecified atom stereocenters. The summed E-state index contributed by atoms with van der Waals surface area (Å²) >= 11 is 0.